The first-order valence-electron chi connectivity index (χ1n) is 6.65. The fourth-order valence-corrected chi connectivity index (χ4v) is 2.50. The zero-order valence-electron chi connectivity index (χ0n) is 11.7. The maximum atomic E-state index is 10.9. The molecule has 0 bridgehead atoms. The molecule has 0 aromatic heterocycles. The zero-order chi connectivity index (χ0) is 14.0. The maximum absolute atomic E-state index is 10.9. The van der Waals surface area contributed by atoms with Crippen molar-refractivity contribution >= 4 is 5.97 Å². The van der Waals surface area contributed by atoms with Crippen LogP contribution in [0.1, 0.15) is 24.5 Å². The third kappa shape index (κ3) is 3.07. The number of carboxylic acid groups (broad SMARTS) is 1. The van der Waals surface area contributed by atoms with Crippen molar-refractivity contribution < 1.29 is 14.6 Å². The highest BCUT2D eigenvalue weighted by atomic mass is 16.5. The van der Waals surface area contributed by atoms with Crippen LogP contribution < -0.4 is 4.74 Å². The quantitative estimate of drug-likeness (QED) is 0.854. The Morgan fingerprint density at radius 3 is 2.79 bits per heavy atom. The molecule has 19 heavy (non-hydrogen) atoms. The largest absolute Gasteiger partial charge is 0.496 e. The molecule has 1 aromatic carbocycles. The number of hydrogen-bond donors (Lipinski definition) is 1. The second-order valence-electron chi connectivity index (χ2n) is 5.16. The molecule has 1 fully saturated rings. The van der Waals surface area contributed by atoms with Gasteiger partial charge >= 0.3 is 5.97 Å². The van der Waals surface area contributed by atoms with Crippen molar-refractivity contribution in [1.29, 1.82) is 0 Å². The van der Waals surface area contributed by atoms with Crippen LogP contribution in [0.25, 0.3) is 0 Å². The monoisotopic (exact) mass is 263 g/mol. The predicted molar refractivity (Wildman–Crippen MR) is 73.4 cm³/mol. The molecule has 0 amide bonds. The van der Waals surface area contributed by atoms with Gasteiger partial charge in [0, 0.05) is 18.2 Å². The van der Waals surface area contributed by atoms with Gasteiger partial charge in [0.2, 0.25) is 0 Å². The number of rotatable bonds is 6. The number of aliphatic carboxylic acids is 1. The number of nitrogens with zero attached hydrogens (tertiary/aromatic N) is 1. The summed E-state index contributed by atoms with van der Waals surface area (Å²) in [7, 11) is 3.65. The molecule has 1 aromatic rings. The third-order valence-corrected chi connectivity index (χ3v) is 3.81. The molecule has 2 unspecified atom stereocenters. The maximum Gasteiger partial charge on any atom is 0.308 e. The molecule has 104 valence electrons. The lowest BCUT2D eigenvalue weighted by Gasteiger charge is -2.19. The highest BCUT2D eigenvalue weighted by molar-refractivity contribution is 5.74. The second-order valence-corrected chi connectivity index (χ2v) is 5.16. The minimum absolute atomic E-state index is 0.160. The number of benzene rings is 1. The smallest absolute Gasteiger partial charge is 0.308 e. The van der Waals surface area contributed by atoms with E-state index in [1.807, 2.05) is 13.1 Å². The van der Waals surface area contributed by atoms with Gasteiger partial charge in [-0.2, -0.15) is 0 Å². The number of ether oxygens (including phenoxy) is 1. The first kappa shape index (κ1) is 13.9. The average Bonchev–Trinajstić information content (AvgIpc) is 3.19. The lowest BCUT2D eigenvalue weighted by atomic mass is 10.1. The van der Waals surface area contributed by atoms with Crippen LogP contribution in [-0.4, -0.2) is 36.2 Å². The Morgan fingerprint density at radius 1 is 1.53 bits per heavy atom. The summed E-state index contributed by atoms with van der Waals surface area (Å²) in [6.07, 6.45) is 1.74. The SMILES string of the molecule is CCc1ccc(OC)c(CN(C)C2CC2C(=O)O)c1. The topological polar surface area (TPSA) is 49.8 Å². The Bertz CT molecular complexity index is 472. The van der Waals surface area contributed by atoms with Crippen molar-refractivity contribution in [3.63, 3.8) is 0 Å². The summed E-state index contributed by atoms with van der Waals surface area (Å²) >= 11 is 0. The van der Waals surface area contributed by atoms with E-state index in [4.69, 9.17) is 9.84 Å². The summed E-state index contributed by atoms with van der Waals surface area (Å²) in [5, 5.41) is 8.97. The molecule has 2 atom stereocenters. The van der Waals surface area contributed by atoms with Crippen molar-refractivity contribution in [2.24, 2.45) is 5.92 Å². The van der Waals surface area contributed by atoms with Gasteiger partial charge in [-0.1, -0.05) is 19.1 Å². The number of methoxy groups -OCH3 is 1. The van der Waals surface area contributed by atoms with E-state index in [1.54, 1.807) is 7.11 Å². The Morgan fingerprint density at radius 2 is 2.26 bits per heavy atom. The molecule has 4 nitrogen and oxygen atoms in total. The minimum Gasteiger partial charge on any atom is -0.496 e. The van der Waals surface area contributed by atoms with E-state index in [-0.39, 0.29) is 12.0 Å². The van der Waals surface area contributed by atoms with Crippen LogP contribution in [0.3, 0.4) is 0 Å². The molecule has 2 rings (SSSR count). The molecule has 0 heterocycles. The minimum atomic E-state index is -0.689. The average molecular weight is 263 g/mol. The Kier molecular flexibility index (Phi) is 4.10. The van der Waals surface area contributed by atoms with E-state index < -0.39 is 5.97 Å². The van der Waals surface area contributed by atoms with E-state index in [2.05, 4.69) is 24.0 Å². The normalized spacial score (nSPS) is 21.5. The van der Waals surface area contributed by atoms with Crippen molar-refractivity contribution in [2.45, 2.75) is 32.4 Å². The summed E-state index contributed by atoms with van der Waals surface area (Å²) in [6, 6.07) is 6.36. The van der Waals surface area contributed by atoms with Crippen LogP contribution in [0.4, 0.5) is 0 Å². The summed E-state index contributed by atoms with van der Waals surface area (Å²) in [5.74, 6) is -0.0203. The van der Waals surface area contributed by atoms with Crippen molar-refractivity contribution in [3.05, 3.63) is 29.3 Å². The molecule has 1 aliphatic carbocycles. The molecule has 0 aliphatic heterocycles. The highest BCUT2D eigenvalue weighted by Gasteiger charge is 2.45. The van der Waals surface area contributed by atoms with Crippen molar-refractivity contribution in [2.75, 3.05) is 14.2 Å². The fourth-order valence-electron chi connectivity index (χ4n) is 2.50. The Labute approximate surface area is 114 Å². The van der Waals surface area contributed by atoms with Crippen LogP contribution in [0, 0.1) is 5.92 Å². The molecule has 0 spiro atoms. The van der Waals surface area contributed by atoms with Crippen LogP contribution in [0.15, 0.2) is 18.2 Å². The molecule has 0 radical (unpaired) electrons. The zero-order valence-corrected chi connectivity index (χ0v) is 11.7. The van der Waals surface area contributed by atoms with Gasteiger partial charge in [-0.05, 0) is 31.5 Å². The van der Waals surface area contributed by atoms with Gasteiger partial charge in [-0.3, -0.25) is 9.69 Å². The van der Waals surface area contributed by atoms with Gasteiger partial charge in [0.1, 0.15) is 5.75 Å². The highest BCUT2D eigenvalue weighted by Crippen LogP contribution is 2.36. The molecule has 0 saturated heterocycles. The van der Waals surface area contributed by atoms with Gasteiger partial charge in [0.25, 0.3) is 0 Å². The summed E-state index contributed by atoms with van der Waals surface area (Å²) in [4.78, 5) is 13.0. The fraction of sp³-hybridized carbons (Fsp3) is 0.533. The molecular formula is C15H21NO3. The lowest BCUT2D eigenvalue weighted by Crippen LogP contribution is -2.24. The van der Waals surface area contributed by atoms with Crippen molar-refractivity contribution in [3.8, 4) is 5.75 Å². The molecule has 4 heteroatoms. The summed E-state index contributed by atoms with van der Waals surface area (Å²) in [5.41, 5.74) is 2.40. The molecular weight excluding hydrogens is 242 g/mol. The third-order valence-electron chi connectivity index (χ3n) is 3.81. The van der Waals surface area contributed by atoms with Gasteiger partial charge in [0.15, 0.2) is 0 Å². The number of carboxylic acids is 1. The predicted octanol–water partition coefficient (Wildman–Crippen LogP) is 2.16. The van der Waals surface area contributed by atoms with Gasteiger partial charge in [-0.15, -0.1) is 0 Å². The number of aryl methyl sites for hydroxylation is 1. The van der Waals surface area contributed by atoms with Gasteiger partial charge < -0.3 is 9.84 Å². The van der Waals surface area contributed by atoms with E-state index in [1.165, 1.54) is 5.56 Å². The van der Waals surface area contributed by atoms with Crippen LogP contribution >= 0.6 is 0 Å². The van der Waals surface area contributed by atoms with Crippen LogP contribution in [0.5, 0.6) is 5.75 Å². The van der Waals surface area contributed by atoms with E-state index in [0.717, 1.165) is 30.7 Å². The van der Waals surface area contributed by atoms with E-state index in [9.17, 15) is 4.79 Å². The Hall–Kier alpha value is -1.55. The van der Waals surface area contributed by atoms with E-state index >= 15 is 0 Å². The van der Waals surface area contributed by atoms with Crippen molar-refractivity contribution in [1.82, 2.24) is 4.90 Å². The first-order valence-corrected chi connectivity index (χ1v) is 6.65. The van der Waals surface area contributed by atoms with Gasteiger partial charge in [-0.25, -0.2) is 0 Å². The van der Waals surface area contributed by atoms with Crippen LogP contribution in [-0.2, 0) is 17.8 Å². The number of carbonyl (C=O) groups is 1. The molecule has 1 aliphatic rings. The number of hydrogen-bond acceptors (Lipinski definition) is 3. The Balaban J connectivity index is 2.07. The first-order chi connectivity index (χ1) is 9.06. The molecule has 1 saturated carbocycles. The van der Waals surface area contributed by atoms with Gasteiger partial charge in [0.05, 0.1) is 13.0 Å². The standard InChI is InChI=1S/C15H21NO3/c1-4-10-5-6-14(19-3)11(7-10)9-16(2)13-8-12(13)15(17)18/h5-7,12-13H,4,8-9H2,1-3H3,(H,17,18). The lowest BCUT2D eigenvalue weighted by molar-refractivity contribution is -0.138. The molecule has 1 N–H and O–H groups in total. The summed E-state index contributed by atoms with van der Waals surface area (Å²) < 4.78 is 5.38. The summed E-state index contributed by atoms with van der Waals surface area (Å²) in [6.45, 7) is 2.85. The second kappa shape index (κ2) is 5.61. The van der Waals surface area contributed by atoms with Crippen LogP contribution in [0.2, 0.25) is 0 Å². The van der Waals surface area contributed by atoms with E-state index in [0.29, 0.717) is 0 Å².